The fourth-order valence-electron chi connectivity index (χ4n) is 1.08. The summed E-state index contributed by atoms with van der Waals surface area (Å²) in [6.45, 7) is 2.28. The summed E-state index contributed by atoms with van der Waals surface area (Å²) in [6, 6.07) is 4.24. The lowest BCUT2D eigenvalue weighted by Crippen LogP contribution is -1.70. The van der Waals surface area contributed by atoms with Gasteiger partial charge in [0.05, 0.1) is 6.61 Å². The van der Waals surface area contributed by atoms with Gasteiger partial charge in [0, 0.05) is 19.2 Å². The molecule has 0 saturated carbocycles. The monoisotopic (exact) mass is 184 g/mol. The standard InChI is InChI=1S/C8H8OS2/c1-5-2-7-8(10-5)3-6(4-9)11-7/h2-3,9H,4H2,1H3. The summed E-state index contributed by atoms with van der Waals surface area (Å²) in [5.41, 5.74) is 0. The van der Waals surface area contributed by atoms with Crippen molar-refractivity contribution in [1.29, 1.82) is 0 Å². The lowest BCUT2D eigenvalue weighted by molar-refractivity contribution is 0.285. The molecule has 0 aromatic carbocycles. The number of aryl methyl sites for hydroxylation is 1. The highest BCUT2D eigenvalue weighted by atomic mass is 32.1. The van der Waals surface area contributed by atoms with Gasteiger partial charge in [-0.15, -0.1) is 22.7 Å². The minimum atomic E-state index is 0.172. The molecule has 0 unspecified atom stereocenters. The third-order valence-electron chi connectivity index (χ3n) is 1.54. The molecule has 1 nitrogen and oxygen atoms in total. The van der Waals surface area contributed by atoms with Crippen molar-refractivity contribution in [1.82, 2.24) is 0 Å². The Labute approximate surface area is 72.9 Å². The van der Waals surface area contributed by atoms with Crippen LogP contribution in [-0.4, -0.2) is 5.11 Å². The van der Waals surface area contributed by atoms with Crippen molar-refractivity contribution in [2.75, 3.05) is 0 Å². The van der Waals surface area contributed by atoms with Gasteiger partial charge in [-0.05, 0) is 19.1 Å². The average Bonchev–Trinajstić information content (AvgIpc) is 2.43. The van der Waals surface area contributed by atoms with Crippen LogP contribution in [0.2, 0.25) is 0 Å². The summed E-state index contributed by atoms with van der Waals surface area (Å²) in [4.78, 5) is 2.40. The maximum atomic E-state index is 8.84. The van der Waals surface area contributed by atoms with Gasteiger partial charge in [-0.25, -0.2) is 0 Å². The van der Waals surface area contributed by atoms with Crippen LogP contribution in [0.1, 0.15) is 9.75 Å². The predicted octanol–water partition coefficient (Wildman–Crippen LogP) is 2.76. The molecule has 2 aromatic rings. The van der Waals surface area contributed by atoms with Crippen LogP contribution in [0.3, 0.4) is 0 Å². The first-order chi connectivity index (χ1) is 5.29. The molecule has 3 heteroatoms. The third-order valence-corrected chi connectivity index (χ3v) is 3.73. The smallest absolute Gasteiger partial charge is 0.0775 e. The highest BCUT2D eigenvalue weighted by Gasteiger charge is 2.02. The molecule has 0 bridgehead atoms. The van der Waals surface area contributed by atoms with Gasteiger partial charge in [-0.2, -0.15) is 0 Å². The van der Waals surface area contributed by atoms with Crippen molar-refractivity contribution in [3.05, 3.63) is 21.9 Å². The number of hydrogen-bond acceptors (Lipinski definition) is 3. The molecule has 0 aliphatic carbocycles. The molecule has 0 aliphatic heterocycles. The summed E-state index contributed by atoms with van der Waals surface area (Å²) >= 11 is 3.47. The van der Waals surface area contributed by atoms with Crippen LogP contribution >= 0.6 is 22.7 Å². The molecule has 0 fully saturated rings. The Bertz CT molecular complexity index is 341. The van der Waals surface area contributed by atoms with E-state index in [0.29, 0.717) is 0 Å². The van der Waals surface area contributed by atoms with Crippen molar-refractivity contribution in [3.63, 3.8) is 0 Å². The third kappa shape index (κ3) is 1.20. The van der Waals surface area contributed by atoms with Crippen LogP contribution in [0.5, 0.6) is 0 Å². The van der Waals surface area contributed by atoms with Crippen LogP contribution in [0.25, 0.3) is 9.40 Å². The number of hydrogen-bond donors (Lipinski definition) is 1. The quantitative estimate of drug-likeness (QED) is 0.722. The first-order valence-corrected chi connectivity index (χ1v) is 5.02. The maximum Gasteiger partial charge on any atom is 0.0775 e. The number of thiophene rings is 2. The van der Waals surface area contributed by atoms with Crippen molar-refractivity contribution >= 4 is 32.1 Å². The van der Waals surface area contributed by atoms with Crippen LogP contribution in [0, 0.1) is 6.92 Å². The first kappa shape index (κ1) is 7.28. The van der Waals surface area contributed by atoms with E-state index in [2.05, 4.69) is 19.1 Å². The number of aliphatic hydroxyl groups excluding tert-OH is 1. The molecule has 58 valence electrons. The first-order valence-electron chi connectivity index (χ1n) is 3.39. The van der Waals surface area contributed by atoms with E-state index in [-0.39, 0.29) is 6.61 Å². The fraction of sp³-hybridized carbons (Fsp3) is 0.250. The largest absolute Gasteiger partial charge is 0.391 e. The summed E-state index contributed by atoms with van der Waals surface area (Å²) in [7, 11) is 0. The van der Waals surface area contributed by atoms with Crippen LogP contribution in [0.4, 0.5) is 0 Å². The molecule has 0 radical (unpaired) electrons. The highest BCUT2D eigenvalue weighted by molar-refractivity contribution is 7.27. The molecule has 0 saturated heterocycles. The van der Waals surface area contributed by atoms with Crippen LogP contribution in [-0.2, 0) is 6.61 Å². The molecule has 0 spiro atoms. The summed E-state index contributed by atoms with van der Waals surface area (Å²) in [5.74, 6) is 0. The van der Waals surface area contributed by atoms with Gasteiger partial charge in [-0.3, -0.25) is 0 Å². The Morgan fingerprint density at radius 1 is 1.27 bits per heavy atom. The highest BCUT2D eigenvalue weighted by Crippen LogP contribution is 2.32. The van der Waals surface area contributed by atoms with Gasteiger partial charge in [0.1, 0.15) is 0 Å². The van der Waals surface area contributed by atoms with Crippen molar-refractivity contribution in [3.8, 4) is 0 Å². The van der Waals surface area contributed by atoms with Gasteiger partial charge >= 0.3 is 0 Å². The second-order valence-corrected chi connectivity index (χ2v) is 4.91. The number of aliphatic hydroxyl groups is 1. The molecule has 2 rings (SSSR count). The molecule has 2 aromatic heterocycles. The Kier molecular flexibility index (Phi) is 1.71. The molecule has 0 amide bonds. The SMILES string of the molecule is Cc1cc2sc(CO)cc2s1. The molecular weight excluding hydrogens is 176 g/mol. The van der Waals surface area contributed by atoms with Gasteiger partial charge < -0.3 is 5.11 Å². The zero-order chi connectivity index (χ0) is 7.84. The molecule has 0 atom stereocenters. The Hall–Kier alpha value is -0.380. The topological polar surface area (TPSA) is 20.2 Å². The van der Waals surface area contributed by atoms with E-state index in [0.717, 1.165) is 4.88 Å². The maximum absolute atomic E-state index is 8.84. The van der Waals surface area contributed by atoms with Crippen LogP contribution < -0.4 is 0 Å². The van der Waals surface area contributed by atoms with Crippen molar-refractivity contribution < 1.29 is 5.11 Å². The van der Waals surface area contributed by atoms with Gasteiger partial charge in [0.2, 0.25) is 0 Å². The van der Waals surface area contributed by atoms with Crippen molar-refractivity contribution in [2.24, 2.45) is 0 Å². The minimum absolute atomic E-state index is 0.172. The lowest BCUT2D eigenvalue weighted by atomic mass is 10.4. The van der Waals surface area contributed by atoms with Crippen LogP contribution in [0.15, 0.2) is 12.1 Å². The zero-order valence-electron chi connectivity index (χ0n) is 6.13. The molecular formula is C8H8OS2. The van der Waals surface area contributed by atoms with Crippen molar-refractivity contribution in [2.45, 2.75) is 13.5 Å². The zero-order valence-corrected chi connectivity index (χ0v) is 7.76. The molecule has 2 heterocycles. The Morgan fingerprint density at radius 2 is 2.00 bits per heavy atom. The number of fused-ring (bicyclic) bond motifs is 1. The second-order valence-electron chi connectivity index (χ2n) is 2.46. The Morgan fingerprint density at radius 3 is 2.64 bits per heavy atom. The average molecular weight is 184 g/mol. The van der Waals surface area contributed by atoms with E-state index in [4.69, 9.17) is 5.11 Å². The molecule has 1 N–H and O–H groups in total. The van der Waals surface area contributed by atoms with E-state index < -0.39 is 0 Å². The Balaban J connectivity index is 2.64. The van der Waals surface area contributed by atoms with E-state index in [1.165, 1.54) is 14.3 Å². The second kappa shape index (κ2) is 2.59. The molecule has 0 aliphatic rings. The summed E-state index contributed by atoms with van der Waals surface area (Å²) in [5, 5.41) is 8.84. The van der Waals surface area contributed by atoms with Gasteiger partial charge in [0.15, 0.2) is 0 Å². The van der Waals surface area contributed by atoms with Gasteiger partial charge in [0.25, 0.3) is 0 Å². The van der Waals surface area contributed by atoms with E-state index in [1.54, 1.807) is 22.7 Å². The fourth-order valence-corrected chi connectivity index (χ4v) is 3.29. The predicted molar refractivity (Wildman–Crippen MR) is 50.4 cm³/mol. The summed E-state index contributed by atoms with van der Waals surface area (Å²) < 4.78 is 2.60. The van der Waals surface area contributed by atoms with E-state index >= 15 is 0 Å². The van der Waals surface area contributed by atoms with Gasteiger partial charge in [-0.1, -0.05) is 0 Å². The number of rotatable bonds is 1. The minimum Gasteiger partial charge on any atom is -0.391 e. The van der Waals surface area contributed by atoms with E-state index in [9.17, 15) is 0 Å². The molecule has 11 heavy (non-hydrogen) atoms. The normalized spacial score (nSPS) is 11.1. The summed E-state index contributed by atoms with van der Waals surface area (Å²) in [6.07, 6.45) is 0. The lowest BCUT2D eigenvalue weighted by Gasteiger charge is -1.81. The van der Waals surface area contributed by atoms with E-state index in [1.807, 2.05) is 0 Å².